The molecular formula is C10H7N3O3. The lowest BCUT2D eigenvalue weighted by atomic mass is 10.1. The van der Waals surface area contributed by atoms with E-state index in [1.165, 1.54) is 0 Å². The number of hydrogen-bond acceptors (Lipinski definition) is 3. The lowest BCUT2D eigenvalue weighted by molar-refractivity contribution is 0.555. The number of imidazole rings is 1. The van der Waals surface area contributed by atoms with E-state index in [9.17, 15) is 9.59 Å². The van der Waals surface area contributed by atoms with Crippen molar-refractivity contribution >= 4 is 11.1 Å². The van der Waals surface area contributed by atoms with Crippen molar-refractivity contribution in [3.63, 3.8) is 0 Å². The van der Waals surface area contributed by atoms with Crippen LogP contribution in [0, 0.1) is 0 Å². The Bertz CT molecular complexity index is 759. The summed E-state index contributed by atoms with van der Waals surface area (Å²) in [4.78, 5) is 29.6. The van der Waals surface area contributed by atoms with E-state index >= 15 is 0 Å². The summed E-state index contributed by atoms with van der Waals surface area (Å²) >= 11 is 0. The smallest absolute Gasteiger partial charge is 0.408 e. The van der Waals surface area contributed by atoms with Crippen LogP contribution in [0.1, 0.15) is 0 Å². The maximum Gasteiger partial charge on any atom is 0.417 e. The minimum atomic E-state index is -0.491. The molecule has 6 nitrogen and oxygen atoms in total. The average Bonchev–Trinajstić information content (AvgIpc) is 2.81. The molecule has 16 heavy (non-hydrogen) atoms. The molecule has 0 amide bonds. The molecule has 2 aromatic heterocycles. The first-order valence-electron chi connectivity index (χ1n) is 4.63. The van der Waals surface area contributed by atoms with Crippen molar-refractivity contribution in [1.82, 2.24) is 15.0 Å². The van der Waals surface area contributed by atoms with E-state index in [2.05, 4.69) is 15.0 Å². The molecule has 0 aliphatic carbocycles. The van der Waals surface area contributed by atoms with Crippen LogP contribution in [0.3, 0.4) is 0 Å². The van der Waals surface area contributed by atoms with Gasteiger partial charge in [0, 0.05) is 11.8 Å². The number of aromatic nitrogens is 3. The van der Waals surface area contributed by atoms with Gasteiger partial charge in [-0.25, -0.2) is 9.59 Å². The molecule has 0 saturated carbocycles. The van der Waals surface area contributed by atoms with Gasteiger partial charge in [0.25, 0.3) is 0 Å². The van der Waals surface area contributed by atoms with Crippen molar-refractivity contribution in [1.29, 1.82) is 0 Å². The summed E-state index contributed by atoms with van der Waals surface area (Å²) in [5, 5.41) is 0. The molecule has 0 fully saturated rings. The van der Waals surface area contributed by atoms with Gasteiger partial charge in [-0.15, -0.1) is 0 Å². The second-order valence-electron chi connectivity index (χ2n) is 3.38. The summed E-state index contributed by atoms with van der Waals surface area (Å²) in [6.07, 6.45) is 1.56. The number of benzene rings is 1. The fourth-order valence-electron chi connectivity index (χ4n) is 1.60. The Balaban J connectivity index is 2.25. The molecule has 0 spiro atoms. The normalized spacial score (nSPS) is 11.0. The third-order valence-corrected chi connectivity index (χ3v) is 2.33. The zero-order valence-electron chi connectivity index (χ0n) is 8.03. The zero-order chi connectivity index (χ0) is 11.1. The fraction of sp³-hybridized carbons (Fsp3) is 0. The second kappa shape index (κ2) is 2.99. The van der Waals surface area contributed by atoms with E-state index in [-0.39, 0.29) is 5.69 Å². The predicted molar refractivity (Wildman–Crippen MR) is 57.2 cm³/mol. The topological polar surface area (TPSA) is 94.7 Å². The Hall–Kier alpha value is -2.50. The van der Waals surface area contributed by atoms with Crippen molar-refractivity contribution in [3.8, 4) is 11.3 Å². The Morgan fingerprint density at radius 2 is 2.00 bits per heavy atom. The summed E-state index contributed by atoms with van der Waals surface area (Å²) in [5.41, 5.74) is 2.24. The third kappa shape index (κ3) is 1.28. The highest BCUT2D eigenvalue weighted by Gasteiger charge is 2.05. The summed E-state index contributed by atoms with van der Waals surface area (Å²) in [5.74, 6) is -0.491. The molecule has 0 unspecified atom stereocenters. The molecule has 1 aromatic carbocycles. The maximum atomic E-state index is 11.0. The van der Waals surface area contributed by atoms with Crippen molar-refractivity contribution in [2.45, 2.75) is 0 Å². The highest BCUT2D eigenvalue weighted by Crippen LogP contribution is 2.19. The number of hydrogen-bond donors (Lipinski definition) is 3. The minimum absolute atomic E-state index is 0.273. The van der Waals surface area contributed by atoms with Crippen LogP contribution in [0.5, 0.6) is 0 Å². The van der Waals surface area contributed by atoms with Crippen LogP contribution in [0.25, 0.3) is 22.4 Å². The van der Waals surface area contributed by atoms with E-state index in [1.54, 1.807) is 24.4 Å². The highest BCUT2D eigenvalue weighted by atomic mass is 16.4. The Kier molecular flexibility index (Phi) is 1.64. The molecular weight excluding hydrogens is 210 g/mol. The molecule has 3 aromatic rings. The SMILES string of the molecule is O=c1[nH]cc(-c2ccc3[nH]c(=O)oc3c2)[nH]1. The third-order valence-electron chi connectivity index (χ3n) is 2.33. The van der Waals surface area contributed by atoms with Gasteiger partial charge >= 0.3 is 11.4 Å². The van der Waals surface area contributed by atoms with Gasteiger partial charge in [-0.05, 0) is 12.1 Å². The first-order chi connectivity index (χ1) is 7.72. The van der Waals surface area contributed by atoms with Crippen LogP contribution in [-0.4, -0.2) is 15.0 Å². The van der Waals surface area contributed by atoms with Gasteiger partial charge in [0.2, 0.25) is 0 Å². The van der Waals surface area contributed by atoms with Gasteiger partial charge in [0.1, 0.15) is 0 Å². The number of fused-ring (bicyclic) bond motifs is 1. The molecule has 80 valence electrons. The Labute approximate surface area is 87.9 Å². The summed E-state index contributed by atoms with van der Waals surface area (Å²) in [6, 6.07) is 5.19. The van der Waals surface area contributed by atoms with Gasteiger partial charge in [-0.1, -0.05) is 6.07 Å². The van der Waals surface area contributed by atoms with Crippen LogP contribution in [0.4, 0.5) is 0 Å². The zero-order valence-corrected chi connectivity index (χ0v) is 8.03. The number of rotatable bonds is 1. The molecule has 3 rings (SSSR count). The quantitative estimate of drug-likeness (QED) is 0.562. The molecule has 0 bridgehead atoms. The molecule has 2 heterocycles. The van der Waals surface area contributed by atoms with Crippen LogP contribution < -0.4 is 11.4 Å². The first-order valence-corrected chi connectivity index (χ1v) is 4.63. The van der Waals surface area contributed by atoms with E-state index in [4.69, 9.17) is 4.42 Å². The van der Waals surface area contributed by atoms with E-state index < -0.39 is 5.76 Å². The molecule has 0 aliphatic heterocycles. The van der Waals surface area contributed by atoms with Crippen molar-refractivity contribution in [2.24, 2.45) is 0 Å². The van der Waals surface area contributed by atoms with Crippen molar-refractivity contribution in [3.05, 3.63) is 45.4 Å². The summed E-state index contributed by atoms with van der Waals surface area (Å²) < 4.78 is 4.92. The lowest BCUT2D eigenvalue weighted by Gasteiger charge is -1.95. The fourth-order valence-corrected chi connectivity index (χ4v) is 1.60. The van der Waals surface area contributed by atoms with E-state index in [1.807, 2.05) is 0 Å². The molecule has 0 saturated heterocycles. The number of aromatic amines is 3. The highest BCUT2D eigenvalue weighted by molar-refractivity contribution is 5.78. The Morgan fingerprint density at radius 3 is 2.75 bits per heavy atom. The average molecular weight is 217 g/mol. The number of H-pyrrole nitrogens is 3. The molecule has 0 atom stereocenters. The lowest BCUT2D eigenvalue weighted by Crippen LogP contribution is -1.99. The van der Waals surface area contributed by atoms with Crippen LogP contribution in [0.2, 0.25) is 0 Å². The largest absolute Gasteiger partial charge is 0.417 e. The molecule has 3 N–H and O–H groups in total. The van der Waals surface area contributed by atoms with E-state index in [0.29, 0.717) is 16.8 Å². The van der Waals surface area contributed by atoms with Gasteiger partial charge in [0.05, 0.1) is 11.2 Å². The van der Waals surface area contributed by atoms with Crippen LogP contribution in [0.15, 0.2) is 38.4 Å². The Morgan fingerprint density at radius 1 is 1.12 bits per heavy atom. The monoisotopic (exact) mass is 217 g/mol. The maximum absolute atomic E-state index is 11.0. The van der Waals surface area contributed by atoms with Crippen molar-refractivity contribution < 1.29 is 4.42 Å². The minimum Gasteiger partial charge on any atom is -0.408 e. The van der Waals surface area contributed by atoms with E-state index in [0.717, 1.165) is 5.56 Å². The molecule has 0 aliphatic rings. The first kappa shape index (κ1) is 8.78. The van der Waals surface area contributed by atoms with Crippen molar-refractivity contribution in [2.75, 3.05) is 0 Å². The number of nitrogens with one attached hydrogen (secondary N) is 3. The summed E-state index contributed by atoms with van der Waals surface area (Å²) in [7, 11) is 0. The summed E-state index contributed by atoms with van der Waals surface area (Å²) in [6.45, 7) is 0. The molecule has 6 heteroatoms. The van der Waals surface area contributed by atoms with Gasteiger partial charge in [0.15, 0.2) is 5.58 Å². The van der Waals surface area contributed by atoms with Crippen LogP contribution >= 0.6 is 0 Å². The standard InChI is InChI=1S/C10H7N3O3/c14-9-11-4-7(12-9)5-1-2-6-8(3-5)16-10(15)13-6/h1-4H,(H,13,15)(H2,11,12,14). The van der Waals surface area contributed by atoms with Crippen LogP contribution in [-0.2, 0) is 0 Å². The van der Waals surface area contributed by atoms with Gasteiger partial charge in [-0.2, -0.15) is 0 Å². The second-order valence-corrected chi connectivity index (χ2v) is 3.38. The molecule has 0 radical (unpaired) electrons. The van der Waals surface area contributed by atoms with Gasteiger partial charge in [-0.3, -0.25) is 4.98 Å². The van der Waals surface area contributed by atoms with Gasteiger partial charge < -0.3 is 14.4 Å². The predicted octanol–water partition coefficient (Wildman–Crippen LogP) is 0.804. The number of oxazole rings is 1.